The van der Waals surface area contributed by atoms with Crippen LogP contribution < -0.4 is 4.90 Å². The Hall–Kier alpha value is -3.08. The molecule has 0 radical (unpaired) electrons. The van der Waals surface area contributed by atoms with Gasteiger partial charge < -0.3 is 5.11 Å². The average Bonchev–Trinajstić information content (AvgIpc) is 3.03. The minimum absolute atomic E-state index is 0.0164. The predicted octanol–water partition coefficient (Wildman–Crippen LogP) is 6.54. The first-order valence-corrected chi connectivity index (χ1v) is 10.8. The summed E-state index contributed by atoms with van der Waals surface area (Å²) >= 11 is 12.4. The van der Waals surface area contributed by atoms with Crippen molar-refractivity contribution in [2.75, 3.05) is 4.90 Å². The highest BCUT2D eigenvalue weighted by atomic mass is 35.5. The molecule has 1 aliphatic rings. The van der Waals surface area contributed by atoms with Gasteiger partial charge in [0.05, 0.1) is 21.7 Å². The molecule has 4 nitrogen and oxygen atoms in total. The van der Waals surface area contributed by atoms with Crippen LogP contribution in [0.15, 0.2) is 66.2 Å². The molecule has 1 fully saturated rings. The van der Waals surface area contributed by atoms with Gasteiger partial charge in [0.2, 0.25) is 0 Å². The highest BCUT2D eigenvalue weighted by Gasteiger charge is 2.47. The molecule has 4 rings (SSSR count). The Bertz CT molecular complexity index is 1280. The lowest BCUT2D eigenvalue weighted by Gasteiger charge is -2.26. The highest BCUT2D eigenvalue weighted by molar-refractivity contribution is 6.52. The zero-order valence-electron chi connectivity index (χ0n) is 17.8. The van der Waals surface area contributed by atoms with E-state index in [1.54, 1.807) is 36.4 Å². The number of hydrogen-bond donors (Lipinski definition) is 1. The Morgan fingerprint density at radius 1 is 0.844 bits per heavy atom. The Labute approximate surface area is 196 Å². The lowest BCUT2D eigenvalue weighted by molar-refractivity contribution is -0.132. The number of hydrogen-bond acceptors (Lipinski definition) is 3. The normalized spacial score (nSPS) is 17.8. The van der Waals surface area contributed by atoms with E-state index in [0.717, 1.165) is 16.7 Å². The summed E-state index contributed by atoms with van der Waals surface area (Å²) in [5, 5.41) is 12.0. The first-order valence-electron chi connectivity index (χ1n) is 10.1. The molecule has 1 N–H and O–H groups in total. The molecule has 0 aromatic heterocycles. The van der Waals surface area contributed by atoms with E-state index in [4.69, 9.17) is 23.2 Å². The number of aryl methyl sites for hydroxylation is 3. The summed E-state index contributed by atoms with van der Waals surface area (Å²) in [5.74, 6) is -1.67. The van der Waals surface area contributed by atoms with Crippen molar-refractivity contribution in [1.82, 2.24) is 0 Å². The maximum Gasteiger partial charge on any atom is 0.300 e. The molecule has 1 saturated heterocycles. The lowest BCUT2D eigenvalue weighted by atomic mass is 9.93. The SMILES string of the molecule is Cc1ccc(N2C(=O)C(=O)/C(=C(/O)c3cc(C)ccc3C)C2c2ccc(Cl)c(Cl)c2)cc1. The van der Waals surface area contributed by atoms with Gasteiger partial charge in [0, 0.05) is 11.3 Å². The van der Waals surface area contributed by atoms with Gasteiger partial charge in [-0.2, -0.15) is 0 Å². The van der Waals surface area contributed by atoms with Gasteiger partial charge in [-0.05, 0) is 62.2 Å². The van der Waals surface area contributed by atoms with Crippen LogP contribution in [0.1, 0.15) is 33.9 Å². The number of carbonyl (C=O) groups excluding carboxylic acids is 2. The third kappa shape index (κ3) is 3.81. The van der Waals surface area contributed by atoms with Crippen molar-refractivity contribution in [3.8, 4) is 0 Å². The molecule has 1 amide bonds. The summed E-state index contributed by atoms with van der Waals surface area (Å²) in [5.41, 5.74) is 4.39. The molecule has 1 aliphatic heterocycles. The quantitative estimate of drug-likeness (QED) is 0.271. The first kappa shape index (κ1) is 22.1. The standard InChI is InChI=1S/C26H21Cl2NO3/c1-14-5-9-18(10-6-14)29-23(17-8-11-20(27)21(28)13-17)22(25(31)26(29)32)24(30)19-12-15(2)4-7-16(19)3/h4-13,23,30H,1-3H3/b24-22+. The van der Waals surface area contributed by atoms with Crippen molar-refractivity contribution in [2.45, 2.75) is 26.8 Å². The second-order valence-electron chi connectivity index (χ2n) is 8.00. The minimum Gasteiger partial charge on any atom is -0.507 e. The topological polar surface area (TPSA) is 57.6 Å². The molecular formula is C26H21Cl2NO3. The zero-order chi connectivity index (χ0) is 23.2. The molecule has 3 aromatic rings. The molecule has 0 bridgehead atoms. The smallest absolute Gasteiger partial charge is 0.300 e. The first-order chi connectivity index (χ1) is 15.2. The van der Waals surface area contributed by atoms with Crippen LogP contribution in [0.3, 0.4) is 0 Å². The summed E-state index contributed by atoms with van der Waals surface area (Å²) in [6.45, 7) is 5.69. The second kappa shape index (κ2) is 8.45. The van der Waals surface area contributed by atoms with Crippen LogP contribution in [0.25, 0.3) is 5.76 Å². The highest BCUT2D eigenvalue weighted by Crippen LogP contribution is 2.43. The number of anilines is 1. The molecule has 1 heterocycles. The molecule has 6 heteroatoms. The summed E-state index contributed by atoms with van der Waals surface area (Å²) in [7, 11) is 0. The Morgan fingerprint density at radius 2 is 1.50 bits per heavy atom. The van der Waals surface area contributed by atoms with Gasteiger partial charge in [-0.15, -0.1) is 0 Å². The molecule has 0 saturated carbocycles. The largest absolute Gasteiger partial charge is 0.507 e. The third-order valence-electron chi connectivity index (χ3n) is 5.66. The number of amides is 1. The number of aliphatic hydroxyl groups is 1. The van der Waals surface area contributed by atoms with E-state index in [1.165, 1.54) is 4.90 Å². The number of ketones is 1. The van der Waals surface area contributed by atoms with Crippen molar-refractivity contribution in [3.05, 3.63) is 104 Å². The van der Waals surface area contributed by atoms with E-state index in [-0.39, 0.29) is 11.3 Å². The van der Waals surface area contributed by atoms with Gasteiger partial charge in [0.1, 0.15) is 5.76 Å². The average molecular weight is 466 g/mol. The molecule has 1 atom stereocenters. The van der Waals surface area contributed by atoms with E-state index >= 15 is 0 Å². The second-order valence-corrected chi connectivity index (χ2v) is 8.81. The van der Waals surface area contributed by atoms with Crippen molar-refractivity contribution in [1.29, 1.82) is 0 Å². The number of rotatable bonds is 3. The van der Waals surface area contributed by atoms with E-state index in [0.29, 0.717) is 26.9 Å². The van der Waals surface area contributed by atoms with Gasteiger partial charge in [-0.1, -0.05) is 64.7 Å². The monoisotopic (exact) mass is 465 g/mol. The van der Waals surface area contributed by atoms with E-state index in [2.05, 4.69) is 0 Å². The lowest BCUT2D eigenvalue weighted by Crippen LogP contribution is -2.29. The van der Waals surface area contributed by atoms with Gasteiger partial charge >= 0.3 is 0 Å². The van der Waals surface area contributed by atoms with E-state index in [9.17, 15) is 14.7 Å². The summed E-state index contributed by atoms with van der Waals surface area (Å²) < 4.78 is 0. The van der Waals surface area contributed by atoms with Crippen LogP contribution in [0.2, 0.25) is 10.0 Å². The van der Waals surface area contributed by atoms with Crippen molar-refractivity contribution < 1.29 is 14.7 Å². The van der Waals surface area contributed by atoms with E-state index in [1.807, 2.05) is 45.0 Å². The van der Waals surface area contributed by atoms with E-state index < -0.39 is 17.7 Å². The van der Waals surface area contributed by atoms with Crippen molar-refractivity contribution in [2.24, 2.45) is 0 Å². The number of halogens is 2. The van der Waals surface area contributed by atoms with Gasteiger partial charge in [0.25, 0.3) is 11.7 Å². The fourth-order valence-corrected chi connectivity index (χ4v) is 4.24. The van der Waals surface area contributed by atoms with Gasteiger partial charge in [-0.25, -0.2) is 0 Å². The number of aliphatic hydroxyl groups excluding tert-OH is 1. The minimum atomic E-state index is -0.854. The Kier molecular flexibility index (Phi) is 5.85. The number of nitrogens with zero attached hydrogens (tertiary/aromatic N) is 1. The van der Waals surface area contributed by atoms with Crippen LogP contribution in [0.5, 0.6) is 0 Å². The number of benzene rings is 3. The van der Waals surface area contributed by atoms with Crippen molar-refractivity contribution >= 4 is 46.3 Å². The van der Waals surface area contributed by atoms with Crippen LogP contribution in [-0.2, 0) is 9.59 Å². The Balaban J connectivity index is 1.99. The van der Waals surface area contributed by atoms with Crippen LogP contribution in [0, 0.1) is 20.8 Å². The molecule has 3 aromatic carbocycles. The maximum atomic E-state index is 13.2. The van der Waals surface area contributed by atoms with Crippen LogP contribution in [0.4, 0.5) is 5.69 Å². The molecule has 0 spiro atoms. The number of carbonyl (C=O) groups is 2. The fraction of sp³-hybridized carbons (Fsp3) is 0.154. The van der Waals surface area contributed by atoms with Crippen molar-refractivity contribution in [3.63, 3.8) is 0 Å². The van der Waals surface area contributed by atoms with Crippen LogP contribution >= 0.6 is 23.2 Å². The summed E-state index contributed by atoms with van der Waals surface area (Å²) in [6, 6.07) is 17.0. The maximum absolute atomic E-state index is 13.2. The van der Waals surface area contributed by atoms with Gasteiger partial charge in [0.15, 0.2) is 0 Å². The predicted molar refractivity (Wildman–Crippen MR) is 128 cm³/mol. The van der Waals surface area contributed by atoms with Gasteiger partial charge in [-0.3, -0.25) is 14.5 Å². The summed E-state index contributed by atoms with van der Waals surface area (Å²) in [6.07, 6.45) is 0. The fourth-order valence-electron chi connectivity index (χ4n) is 3.94. The molecule has 0 aliphatic carbocycles. The third-order valence-corrected chi connectivity index (χ3v) is 6.40. The molecule has 1 unspecified atom stereocenters. The summed E-state index contributed by atoms with van der Waals surface area (Å²) in [4.78, 5) is 27.8. The molecule has 162 valence electrons. The molecular weight excluding hydrogens is 445 g/mol. The zero-order valence-corrected chi connectivity index (χ0v) is 19.3. The Morgan fingerprint density at radius 3 is 2.16 bits per heavy atom. The van der Waals surface area contributed by atoms with Crippen LogP contribution in [-0.4, -0.2) is 16.8 Å². The molecule has 32 heavy (non-hydrogen) atoms. The number of Topliss-reactive ketones (excluding diaryl/α,β-unsaturated/α-hetero) is 1.